The predicted molar refractivity (Wildman–Crippen MR) is 243 cm³/mol. The molecule has 6 heterocycles. The van der Waals surface area contributed by atoms with E-state index < -0.39 is 5.60 Å². The number of nitrogens with zero attached hydrogens (tertiary/aromatic N) is 5. The Morgan fingerprint density at radius 2 is 1.05 bits per heavy atom. The summed E-state index contributed by atoms with van der Waals surface area (Å²) in [5, 5.41) is 3.48. The molecule has 11 heteroatoms. The van der Waals surface area contributed by atoms with Crippen molar-refractivity contribution in [1.29, 1.82) is 0 Å². The summed E-state index contributed by atoms with van der Waals surface area (Å²) in [6.07, 6.45) is 20.0. The van der Waals surface area contributed by atoms with Gasteiger partial charge in [0.1, 0.15) is 5.60 Å². The fraction of sp³-hybridized carbons (Fsp3) is 0.761. The number of ether oxygens (including phenoxy) is 1. The van der Waals surface area contributed by atoms with Gasteiger partial charge in [0.25, 0.3) is 0 Å². The molecular formula is C46H77Cl3N6O2. The van der Waals surface area contributed by atoms with Crippen LogP contribution in [0.5, 0.6) is 0 Å². The summed E-state index contributed by atoms with van der Waals surface area (Å²) in [5.74, 6) is 2.95. The quantitative estimate of drug-likeness (QED) is 0.311. The lowest BCUT2D eigenvalue weighted by Crippen LogP contribution is -2.44. The van der Waals surface area contributed by atoms with Gasteiger partial charge < -0.3 is 24.8 Å². The first-order valence-electron chi connectivity index (χ1n) is 21.9. The van der Waals surface area contributed by atoms with Crippen molar-refractivity contribution in [3.63, 3.8) is 0 Å². The maximum Gasteiger partial charge on any atom is 0.410 e. The van der Waals surface area contributed by atoms with Crippen LogP contribution in [0.3, 0.4) is 0 Å². The molecule has 4 fully saturated rings. The Balaban J connectivity index is 0.000000293. The number of carbonyl (C=O) groups excluding carboxylic acids is 1. The highest BCUT2D eigenvalue weighted by Crippen LogP contribution is 2.32. The van der Waals surface area contributed by atoms with Crippen LogP contribution in [0, 0.1) is 11.8 Å². The molecule has 0 unspecified atom stereocenters. The molecule has 0 saturated carbocycles. The molecule has 4 saturated heterocycles. The zero-order valence-corrected chi connectivity index (χ0v) is 37.2. The van der Waals surface area contributed by atoms with E-state index in [2.05, 4.69) is 39.4 Å². The molecule has 0 aromatic carbocycles. The van der Waals surface area contributed by atoms with Gasteiger partial charge in [-0.25, -0.2) is 4.79 Å². The molecule has 0 radical (unpaired) electrons. The Bertz CT molecular complexity index is 1480. The highest BCUT2D eigenvalue weighted by atomic mass is 35.5. The first-order chi connectivity index (χ1) is 25.8. The summed E-state index contributed by atoms with van der Waals surface area (Å²) in [5.41, 5.74) is 8.09. The van der Waals surface area contributed by atoms with Crippen LogP contribution >= 0.6 is 37.2 Å². The maximum absolute atomic E-state index is 12.3. The van der Waals surface area contributed by atoms with E-state index in [1.54, 1.807) is 0 Å². The number of nitrogens with one attached hydrogen (secondary N) is 1. The average Bonchev–Trinajstić information content (AvgIpc) is 3.18. The Morgan fingerprint density at radius 1 is 0.632 bits per heavy atom. The highest BCUT2D eigenvalue weighted by Gasteiger charge is 2.30. The average molecular weight is 853 g/mol. The molecule has 1 N–H and O–H groups in total. The summed E-state index contributed by atoms with van der Waals surface area (Å²) >= 11 is 0. The van der Waals surface area contributed by atoms with Gasteiger partial charge in [-0.1, -0.05) is 19.6 Å². The number of aryl methyl sites for hydroxylation is 4. The zero-order valence-electron chi connectivity index (χ0n) is 34.8. The minimum Gasteiger partial charge on any atom is -0.444 e. The number of likely N-dealkylation sites (tertiary alicyclic amines) is 3. The van der Waals surface area contributed by atoms with E-state index in [-0.39, 0.29) is 50.7 Å². The molecule has 0 spiro atoms. The van der Waals surface area contributed by atoms with Crippen LogP contribution in [0.4, 0.5) is 4.79 Å². The Labute approximate surface area is 365 Å². The molecule has 2 aliphatic carbocycles. The largest absolute Gasteiger partial charge is 0.444 e. The molecule has 8 nitrogen and oxygen atoms in total. The third-order valence-electron chi connectivity index (χ3n) is 13.2. The topological polar surface area (TPSA) is 73.8 Å². The fourth-order valence-electron chi connectivity index (χ4n) is 9.89. The Kier molecular flexibility index (Phi) is 20.9. The first-order valence-corrected chi connectivity index (χ1v) is 21.9. The van der Waals surface area contributed by atoms with Crippen LogP contribution < -0.4 is 5.32 Å². The minimum absolute atomic E-state index is 0. The van der Waals surface area contributed by atoms with Gasteiger partial charge in [0.05, 0.1) is 0 Å². The second-order valence-corrected chi connectivity index (χ2v) is 18.4. The lowest BCUT2D eigenvalue weighted by Gasteiger charge is -2.38. The number of halogens is 3. The SMILES string of the molecule is C.CC(C)(C)OC(=O)N1CCC(CN2CCC(c3ccc4c(n3)CCCC4)CC2)CC1.Cl.Cl.Cl.c1cc2c(nc1C1CCN(CC3CCNCC3)CC1)CCCC2. The summed E-state index contributed by atoms with van der Waals surface area (Å²) in [4.78, 5) is 29.6. The van der Waals surface area contributed by atoms with Crippen molar-refractivity contribution < 1.29 is 9.53 Å². The molecular weight excluding hydrogens is 775 g/mol. The number of amides is 1. The van der Waals surface area contributed by atoms with Gasteiger partial charge in [0.2, 0.25) is 0 Å². The second-order valence-electron chi connectivity index (χ2n) is 18.4. The zero-order chi connectivity index (χ0) is 36.6. The van der Waals surface area contributed by atoms with Crippen LogP contribution in [0.25, 0.3) is 0 Å². The van der Waals surface area contributed by atoms with Gasteiger partial charge in [-0.2, -0.15) is 0 Å². The van der Waals surface area contributed by atoms with Crippen molar-refractivity contribution in [3.05, 3.63) is 58.2 Å². The van der Waals surface area contributed by atoms with E-state index in [4.69, 9.17) is 14.7 Å². The lowest BCUT2D eigenvalue weighted by molar-refractivity contribution is 0.0165. The van der Waals surface area contributed by atoms with Crippen molar-refractivity contribution in [2.24, 2.45) is 11.8 Å². The van der Waals surface area contributed by atoms with Crippen LogP contribution in [0.2, 0.25) is 0 Å². The molecule has 0 bridgehead atoms. The van der Waals surface area contributed by atoms with Crippen LogP contribution in [0.1, 0.15) is 151 Å². The van der Waals surface area contributed by atoms with Crippen LogP contribution in [-0.4, -0.2) is 102 Å². The van der Waals surface area contributed by atoms with Crippen LogP contribution in [0.15, 0.2) is 24.3 Å². The van der Waals surface area contributed by atoms with E-state index in [1.807, 2.05) is 25.7 Å². The number of fused-ring (bicyclic) bond motifs is 2. The van der Waals surface area contributed by atoms with E-state index in [1.165, 1.54) is 176 Å². The molecule has 324 valence electrons. The summed E-state index contributed by atoms with van der Waals surface area (Å²) in [7, 11) is 0. The summed E-state index contributed by atoms with van der Waals surface area (Å²) in [6.45, 7) is 17.3. The van der Waals surface area contributed by atoms with E-state index in [0.29, 0.717) is 17.8 Å². The first kappa shape index (κ1) is 49.7. The van der Waals surface area contributed by atoms with Gasteiger partial charge in [0, 0.05) is 60.8 Å². The fourth-order valence-corrected chi connectivity index (χ4v) is 9.89. The molecule has 2 aromatic rings. The lowest BCUT2D eigenvalue weighted by atomic mass is 9.89. The molecule has 0 atom stereocenters. The number of piperidine rings is 4. The van der Waals surface area contributed by atoms with Gasteiger partial charge in [-0.3, -0.25) is 9.97 Å². The van der Waals surface area contributed by atoms with Crippen molar-refractivity contribution in [3.8, 4) is 0 Å². The van der Waals surface area contributed by atoms with Gasteiger partial charge in [0.15, 0.2) is 0 Å². The number of carbonyl (C=O) groups is 1. The monoisotopic (exact) mass is 851 g/mol. The molecule has 4 aliphatic heterocycles. The normalized spacial score (nSPS) is 21.5. The standard InChI is InChI=1S/C25H39N3O2.C20H31N3.CH4.3ClH/c1-25(2,3)30-24(29)28-16-10-19(11-17-28)18-27-14-12-21(13-15-27)23-9-8-20-6-4-5-7-22(20)26-23;1-2-4-19-17(3-1)5-6-20(22-19)18-9-13-23(14-10-18)15-16-7-11-21-12-8-16;;;;/h8-9,19,21H,4-7,10-18H2,1-3H3;5-6,16,18,21H,1-4,7-15H2;1H4;3*1H. The number of rotatable bonds is 6. The third-order valence-corrected chi connectivity index (χ3v) is 13.2. The number of aromatic nitrogens is 2. The minimum atomic E-state index is -0.412. The highest BCUT2D eigenvalue weighted by molar-refractivity contribution is 5.86. The van der Waals surface area contributed by atoms with Crippen molar-refractivity contribution in [2.75, 3.05) is 65.4 Å². The summed E-state index contributed by atoms with van der Waals surface area (Å²) in [6, 6.07) is 9.36. The number of pyridine rings is 2. The van der Waals surface area contributed by atoms with E-state index in [0.717, 1.165) is 31.8 Å². The van der Waals surface area contributed by atoms with E-state index in [9.17, 15) is 4.79 Å². The second kappa shape index (κ2) is 23.9. The third kappa shape index (κ3) is 14.5. The molecule has 8 rings (SSSR count). The Hall–Kier alpha value is -1.68. The molecule has 6 aliphatic rings. The van der Waals surface area contributed by atoms with Gasteiger partial charge in [-0.15, -0.1) is 37.2 Å². The molecule has 2 aromatic heterocycles. The molecule has 1 amide bonds. The number of hydrogen-bond acceptors (Lipinski definition) is 7. The van der Waals surface area contributed by atoms with Gasteiger partial charge in [-0.05, 0) is 198 Å². The van der Waals surface area contributed by atoms with Gasteiger partial charge >= 0.3 is 6.09 Å². The van der Waals surface area contributed by atoms with Crippen molar-refractivity contribution in [2.45, 2.75) is 148 Å². The smallest absolute Gasteiger partial charge is 0.410 e. The van der Waals surface area contributed by atoms with Crippen molar-refractivity contribution >= 4 is 43.3 Å². The maximum atomic E-state index is 12.3. The number of hydrogen-bond donors (Lipinski definition) is 1. The predicted octanol–water partition coefficient (Wildman–Crippen LogP) is 9.83. The molecule has 57 heavy (non-hydrogen) atoms. The summed E-state index contributed by atoms with van der Waals surface area (Å²) < 4.78 is 5.52. The van der Waals surface area contributed by atoms with E-state index >= 15 is 0 Å². The Morgan fingerprint density at radius 3 is 1.49 bits per heavy atom. The van der Waals surface area contributed by atoms with Crippen molar-refractivity contribution in [1.82, 2.24) is 30.0 Å². The van der Waals surface area contributed by atoms with Crippen LogP contribution in [-0.2, 0) is 30.4 Å².